The lowest BCUT2D eigenvalue weighted by atomic mass is 10.1. The molecular formula is C26H30ClN9O4. The van der Waals surface area contributed by atoms with E-state index in [1.165, 1.54) is 9.58 Å². The highest BCUT2D eigenvalue weighted by Gasteiger charge is 2.34. The third-order valence-electron chi connectivity index (χ3n) is 6.73. The first-order chi connectivity index (χ1) is 19.3. The lowest BCUT2D eigenvalue weighted by Crippen LogP contribution is -2.46. The van der Waals surface area contributed by atoms with Crippen LogP contribution in [0.3, 0.4) is 0 Å². The fourth-order valence-corrected chi connectivity index (χ4v) is 4.84. The first kappa shape index (κ1) is 27.5. The SMILES string of the molecule is NC(=O)c1nn(CC(=O)N(CC(=O)Nc2cccc(Cl)n2)C2CC2)c2ccc(NC(=O)CN3CCNCC3)cc12. The van der Waals surface area contributed by atoms with Crippen LogP contribution in [0.25, 0.3) is 10.9 Å². The number of hydrogen-bond acceptors (Lipinski definition) is 8. The molecule has 1 saturated carbocycles. The number of nitrogens with one attached hydrogen (secondary N) is 3. The molecule has 2 aliphatic rings. The maximum atomic E-state index is 13.3. The van der Waals surface area contributed by atoms with Crippen LogP contribution in [0.2, 0.25) is 5.15 Å². The van der Waals surface area contributed by atoms with Crippen molar-refractivity contribution in [1.82, 2.24) is 29.9 Å². The average molecular weight is 568 g/mol. The van der Waals surface area contributed by atoms with Gasteiger partial charge in [0.2, 0.25) is 17.7 Å². The summed E-state index contributed by atoms with van der Waals surface area (Å²) in [7, 11) is 0. The summed E-state index contributed by atoms with van der Waals surface area (Å²) >= 11 is 5.89. The summed E-state index contributed by atoms with van der Waals surface area (Å²) in [5.74, 6) is -1.37. The molecule has 5 N–H and O–H groups in total. The van der Waals surface area contributed by atoms with Gasteiger partial charge in [0, 0.05) is 43.3 Å². The number of carbonyl (C=O) groups is 4. The van der Waals surface area contributed by atoms with Crippen LogP contribution in [-0.2, 0) is 20.9 Å². The van der Waals surface area contributed by atoms with Crippen LogP contribution in [-0.4, -0.2) is 93.5 Å². The molecule has 14 heteroatoms. The number of anilines is 2. The van der Waals surface area contributed by atoms with E-state index >= 15 is 0 Å². The standard InChI is InChI=1S/C26H30ClN9O4/c27-20-2-1-3-21(31-20)32-23(38)14-35(17-5-6-17)24(39)15-36-19-7-4-16(12-18(19)25(33-36)26(28)40)30-22(37)13-34-10-8-29-9-11-34/h1-4,7,12,17,29H,5-6,8-11,13-15H2,(H2,28,40)(H,30,37)(H,31,32,38). The molecule has 2 fully saturated rings. The molecule has 3 heterocycles. The summed E-state index contributed by atoms with van der Waals surface area (Å²) in [6.07, 6.45) is 1.58. The second kappa shape index (κ2) is 12.0. The van der Waals surface area contributed by atoms with Crippen LogP contribution in [0, 0.1) is 0 Å². The number of aromatic nitrogens is 3. The van der Waals surface area contributed by atoms with E-state index in [2.05, 4.69) is 30.9 Å². The predicted molar refractivity (Wildman–Crippen MR) is 149 cm³/mol. The van der Waals surface area contributed by atoms with Gasteiger partial charge >= 0.3 is 0 Å². The number of hydrogen-bond donors (Lipinski definition) is 4. The number of nitrogens with two attached hydrogens (primary N) is 1. The second-order valence-corrected chi connectivity index (χ2v) is 10.2. The highest BCUT2D eigenvalue weighted by Crippen LogP contribution is 2.28. The number of amides is 4. The topological polar surface area (TPSA) is 168 Å². The van der Waals surface area contributed by atoms with E-state index in [1.807, 2.05) is 0 Å². The third-order valence-corrected chi connectivity index (χ3v) is 6.94. The van der Waals surface area contributed by atoms with E-state index in [1.54, 1.807) is 36.4 Å². The Morgan fingerprint density at radius 2 is 1.82 bits per heavy atom. The van der Waals surface area contributed by atoms with Crippen LogP contribution >= 0.6 is 11.6 Å². The lowest BCUT2D eigenvalue weighted by molar-refractivity contribution is -0.135. The van der Waals surface area contributed by atoms with Gasteiger partial charge in [-0.25, -0.2) is 4.98 Å². The Balaban J connectivity index is 1.29. The molecule has 0 radical (unpaired) electrons. The fraction of sp³-hybridized carbons (Fsp3) is 0.385. The lowest BCUT2D eigenvalue weighted by Gasteiger charge is -2.26. The fourth-order valence-electron chi connectivity index (χ4n) is 4.67. The average Bonchev–Trinajstić information content (AvgIpc) is 3.69. The summed E-state index contributed by atoms with van der Waals surface area (Å²) in [5, 5.41) is 13.7. The quantitative estimate of drug-likeness (QED) is 0.259. The van der Waals surface area contributed by atoms with Gasteiger partial charge in [-0.15, -0.1) is 0 Å². The van der Waals surface area contributed by atoms with E-state index in [0.717, 1.165) is 39.0 Å². The molecule has 0 bridgehead atoms. The van der Waals surface area contributed by atoms with Crippen LogP contribution in [0.4, 0.5) is 11.5 Å². The predicted octanol–water partition coefficient (Wildman–Crippen LogP) is 0.657. The van der Waals surface area contributed by atoms with Gasteiger partial charge in [-0.1, -0.05) is 17.7 Å². The van der Waals surface area contributed by atoms with E-state index in [4.69, 9.17) is 17.3 Å². The minimum Gasteiger partial charge on any atom is -0.364 e. The van der Waals surface area contributed by atoms with Gasteiger partial charge in [-0.05, 0) is 43.2 Å². The number of benzene rings is 1. The molecule has 2 aromatic heterocycles. The number of carbonyl (C=O) groups excluding carboxylic acids is 4. The Morgan fingerprint density at radius 1 is 1.05 bits per heavy atom. The molecule has 4 amide bonds. The minimum absolute atomic E-state index is 0.0104. The number of rotatable bonds is 10. The van der Waals surface area contributed by atoms with Gasteiger partial charge in [0.15, 0.2) is 5.69 Å². The van der Waals surface area contributed by atoms with Gasteiger partial charge in [-0.3, -0.25) is 28.8 Å². The van der Waals surface area contributed by atoms with Crippen molar-refractivity contribution in [2.75, 3.05) is 49.9 Å². The summed E-state index contributed by atoms with van der Waals surface area (Å²) in [4.78, 5) is 58.4. The summed E-state index contributed by atoms with van der Waals surface area (Å²) in [5.41, 5.74) is 6.58. The maximum absolute atomic E-state index is 13.3. The van der Waals surface area contributed by atoms with Gasteiger partial charge in [-0.2, -0.15) is 5.10 Å². The van der Waals surface area contributed by atoms with Crippen molar-refractivity contribution in [1.29, 1.82) is 0 Å². The van der Waals surface area contributed by atoms with Gasteiger partial charge in [0.05, 0.1) is 12.1 Å². The Morgan fingerprint density at radius 3 is 2.52 bits per heavy atom. The Labute approximate surface area is 235 Å². The first-order valence-electron chi connectivity index (χ1n) is 13.0. The van der Waals surface area contributed by atoms with Crippen molar-refractivity contribution in [3.8, 4) is 0 Å². The zero-order valence-corrected chi connectivity index (χ0v) is 22.5. The molecule has 13 nitrogen and oxygen atoms in total. The van der Waals surface area contributed by atoms with Gasteiger partial charge in [0.25, 0.3) is 5.91 Å². The van der Waals surface area contributed by atoms with Crippen molar-refractivity contribution in [2.24, 2.45) is 5.73 Å². The Kier molecular flexibility index (Phi) is 8.24. The normalized spacial score (nSPS) is 15.5. The van der Waals surface area contributed by atoms with Crippen molar-refractivity contribution >= 4 is 57.6 Å². The van der Waals surface area contributed by atoms with Gasteiger partial charge < -0.3 is 26.6 Å². The Hall–Kier alpha value is -4.07. The van der Waals surface area contributed by atoms with Crippen LogP contribution in [0.15, 0.2) is 36.4 Å². The molecule has 0 spiro atoms. The molecule has 1 aliphatic carbocycles. The molecule has 5 rings (SSSR count). The van der Waals surface area contributed by atoms with E-state index in [0.29, 0.717) is 22.4 Å². The number of piperazine rings is 1. The molecule has 0 atom stereocenters. The van der Waals surface area contributed by atoms with E-state index in [-0.39, 0.29) is 48.3 Å². The molecular weight excluding hydrogens is 538 g/mol. The molecule has 40 heavy (non-hydrogen) atoms. The molecule has 3 aromatic rings. The smallest absolute Gasteiger partial charge is 0.269 e. The summed E-state index contributed by atoms with van der Waals surface area (Å²) in [6.45, 7) is 3.14. The van der Waals surface area contributed by atoms with Crippen molar-refractivity contribution < 1.29 is 19.2 Å². The largest absolute Gasteiger partial charge is 0.364 e. The highest BCUT2D eigenvalue weighted by molar-refractivity contribution is 6.29. The number of fused-ring (bicyclic) bond motifs is 1. The van der Waals surface area contributed by atoms with Crippen molar-refractivity contribution in [3.05, 3.63) is 47.2 Å². The molecule has 1 aliphatic heterocycles. The van der Waals surface area contributed by atoms with E-state index < -0.39 is 11.8 Å². The van der Waals surface area contributed by atoms with Crippen LogP contribution in [0.5, 0.6) is 0 Å². The van der Waals surface area contributed by atoms with Crippen molar-refractivity contribution in [2.45, 2.75) is 25.4 Å². The number of primary amides is 1. The third kappa shape index (κ3) is 6.73. The minimum atomic E-state index is -0.757. The van der Waals surface area contributed by atoms with Gasteiger partial charge in [0.1, 0.15) is 24.1 Å². The highest BCUT2D eigenvalue weighted by atomic mass is 35.5. The first-order valence-corrected chi connectivity index (χ1v) is 13.4. The zero-order chi connectivity index (χ0) is 28.2. The number of nitrogens with zero attached hydrogens (tertiary/aromatic N) is 5. The zero-order valence-electron chi connectivity index (χ0n) is 21.7. The maximum Gasteiger partial charge on any atom is 0.269 e. The molecule has 1 saturated heterocycles. The molecule has 210 valence electrons. The van der Waals surface area contributed by atoms with E-state index in [9.17, 15) is 19.2 Å². The monoisotopic (exact) mass is 567 g/mol. The van der Waals surface area contributed by atoms with Crippen molar-refractivity contribution in [3.63, 3.8) is 0 Å². The number of halogens is 1. The summed E-state index contributed by atoms with van der Waals surface area (Å²) in [6, 6.07) is 9.81. The summed E-state index contributed by atoms with van der Waals surface area (Å²) < 4.78 is 1.40. The number of pyridine rings is 1. The molecule has 0 unspecified atom stereocenters. The van der Waals surface area contributed by atoms with Crippen LogP contribution in [0.1, 0.15) is 23.3 Å². The second-order valence-electron chi connectivity index (χ2n) is 9.82. The Bertz CT molecular complexity index is 1450. The molecule has 1 aromatic carbocycles. The van der Waals surface area contributed by atoms with Crippen LogP contribution < -0.4 is 21.7 Å².